The number of rotatable bonds is 6. The van der Waals surface area contributed by atoms with Gasteiger partial charge in [0.2, 0.25) is 5.91 Å². The lowest BCUT2D eigenvalue weighted by Crippen LogP contribution is -2.43. The number of benzene rings is 3. The Morgan fingerprint density at radius 2 is 1.50 bits per heavy atom. The molecular formula is C30H33N3O3. The summed E-state index contributed by atoms with van der Waals surface area (Å²) in [6.07, 6.45) is 0. The lowest BCUT2D eigenvalue weighted by Gasteiger charge is -2.24. The van der Waals surface area contributed by atoms with Crippen LogP contribution in [0.5, 0.6) is 0 Å². The van der Waals surface area contributed by atoms with Crippen LogP contribution in [0.25, 0.3) is 11.1 Å². The molecule has 0 aromatic heterocycles. The minimum absolute atomic E-state index is 0.0228. The molecule has 1 aliphatic heterocycles. The first-order valence-corrected chi connectivity index (χ1v) is 12.2. The van der Waals surface area contributed by atoms with Crippen LogP contribution in [-0.2, 0) is 20.5 Å². The molecule has 0 aliphatic carbocycles. The number of nitrogens with one attached hydrogen (secondary N) is 2. The maximum atomic E-state index is 13.2. The van der Waals surface area contributed by atoms with Gasteiger partial charge < -0.3 is 10.6 Å². The number of nitrogens with zero attached hydrogens (tertiary/aromatic N) is 1. The first kappa shape index (κ1) is 25.2. The molecule has 0 bridgehead atoms. The number of amides is 4. The first-order valence-electron chi connectivity index (χ1n) is 12.2. The van der Waals surface area contributed by atoms with Gasteiger partial charge in [-0.15, -0.1) is 0 Å². The van der Waals surface area contributed by atoms with Crippen molar-refractivity contribution in [2.45, 2.75) is 51.6 Å². The minimum atomic E-state index is -1.22. The molecule has 3 aromatic rings. The highest BCUT2D eigenvalue weighted by atomic mass is 16.2. The van der Waals surface area contributed by atoms with Crippen molar-refractivity contribution >= 4 is 17.8 Å². The van der Waals surface area contributed by atoms with E-state index in [1.165, 1.54) is 0 Å². The summed E-state index contributed by atoms with van der Waals surface area (Å²) in [6, 6.07) is 24.9. The average Bonchev–Trinajstić information content (AvgIpc) is 3.08. The van der Waals surface area contributed by atoms with Crippen molar-refractivity contribution < 1.29 is 14.4 Å². The van der Waals surface area contributed by atoms with Crippen molar-refractivity contribution in [3.63, 3.8) is 0 Å². The lowest BCUT2D eigenvalue weighted by molar-refractivity contribution is -0.135. The zero-order valence-corrected chi connectivity index (χ0v) is 21.5. The van der Waals surface area contributed by atoms with E-state index in [1.54, 1.807) is 6.92 Å². The molecule has 6 heteroatoms. The molecule has 1 heterocycles. The molecule has 0 saturated carbocycles. The number of carbonyl (C=O) groups is 3. The van der Waals surface area contributed by atoms with Gasteiger partial charge in [0.05, 0.1) is 6.04 Å². The highest BCUT2D eigenvalue weighted by Crippen LogP contribution is 2.31. The van der Waals surface area contributed by atoms with Gasteiger partial charge in [0.15, 0.2) is 0 Å². The molecule has 0 radical (unpaired) electrons. The summed E-state index contributed by atoms with van der Waals surface area (Å²) < 4.78 is 0. The van der Waals surface area contributed by atoms with Gasteiger partial charge in [-0.2, -0.15) is 0 Å². The fraction of sp³-hybridized carbons (Fsp3) is 0.300. The largest absolute Gasteiger partial charge is 0.348 e. The number of urea groups is 1. The Hall–Kier alpha value is -3.93. The zero-order chi connectivity index (χ0) is 26.1. The molecule has 1 saturated heterocycles. The van der Waals surface area contributed by atoms with Gasteiger partial charge in [0.1, 0.15) is 12.1 Å². The van der Waals surface area contributed by atoms with Crippen molar-refractivity contribution in [3.8, 4) is 11.1 Å². The van der Waals surface area contributed by atoms with Crippen LogP contribution in [0.3, 0.4) is 0 Å². The first-order chi connectivity index (χ1) is 17.0. The van der Waals surface area contributed by atoms with Crippen LogP contribution in [0.2, 0.25) is 0 Å². The van der Waals surface area contributed by atoms with Crippen molar-refractivity contribution in [1.82, 2.24) is 15.5 Å². The Bertz CT molecular complexity index is 1260. The third-order valence-corrected chi connectivity index (χ3v) is 6.80. The Morgan fingerprint density at radius 1 is 0.917 bits per heavy atom. The summed E-state index contributed by atoms with van der Waals surface area (Å²) in [6.45, 7) is 9.56. The van der Waals surface area contributed by atoms with Crippen LogP contribution in [-0.4, -0.2) is 29.3 Å². The van der Waals surface area contributed by atoms with Crippen LogP contribution in [0, 0.1) is 0 Å². The molecule has 1 aliphatic rings. The molecule has 4 amide bonds. The molecule has 3 aromatic carbocycles. The van der Waals surface area contributed by atoms with Crippen molar-refractivity contribution in [2.24, 2.45) is 0 Å². The lowest BCUT2D eigenvalue weighted by atomic mass is 9.84. The molecule has 36 heavy (non-hydrogen) atoms. The molecular weight excluding hydrogens is 450 g/mol. The third-order valence-electron chi connectivity index (χ3n) is 6.80. The molecule has 2 atom stereocenters. The van der Waals surface area contributed by atoms with Crippen LogP contribution < -0.4 is 10.6 Å². The summed E-state index contributed by atoms with van der Waals surface area (Å²) in [4.78, 5) is 39.7. The van der Waals surface area contributed by atoms with Gasteiger partial charge in [-0.1, -0.05) is 99.6 Å². The fourth-order valence-corrected chi connectivity index (χ4v) is 4.45. The molecule has 0 spiro atoms. The topological polar surface area (TPSA) is 78.5 Å². The van der Waals surface area contributed by atoms with E-state index in [2.05, 4.69) is 31.4 Å². The van der Waals surface area contributed by atoms with E-state index in [4.69, 9.17) is 0 Å². The average molecular weight is 484 g/mol. The van der Waals surface area contributed by atoms with Gasteiger partial charge in [0, 0.05) is 0 Å². The highest BCUT2D eigenvalue weighted by molar-refractivity contribution is 6.09. The van der Waals surface area contributed by atoms with Crippen molar-refractivity contribution in [1.29, 1.82) is 0 Å². The minimum Gasteiger partial charge on any atom is -0.348 e. The maximum absolute atomic E-state index is 13.2. The summed E-state index contributed by atoms with van der Waals surface area (Å²) in [7, 11) is 0. The van der Waals surface area contributed by atoms with Crippen molar-refractivity contribution in [3.05, 3.63) is 95.6 Å². The van der Waals surface area contributed by atoms with E-state index < -0.39 is 23.4 Å². The van der Waals surface area contributed by atoms with Crippen LogP contribution in [0.15, 0.2) is 78.9 Å². The third kappa shape index (κ3) is 5.03. The second-order valence-electron chi connectivity index (χ2n) is 10.6. The predicted octanol–water partition coefficient (Wildman–Crippen LogP) is 5.30. The Labute approximate surface area is 212 Å². The Balaban J connectivity index is 1.41. The molecule has 2 unspecified atom stereocenters. The summed E-state index contributed by atoms with van der Waals surface area (Å²) in [5.74, 6) is -0.837. The van der Waals surface area contributed by atoms with Crippen LogP contribution >= 0.6 is 0 Å². The Kier molecular flexibility index (Phi) is 6.72. The van der Waals surface area contributed by atoms with Gasteiger partial charge >= 0.3 is 6.03 Å². The van der Waals surface area contributed by atoms with E-state index in [0.29, 0.717) is 5.56 Å². The molecule has 6 nitrogen and oxygen atoms in total. The molecule has 2 N–H and O–H groups in total. The fourth-order valence-electron chi connectivity index (χ4n) is 4.45. The molecule has 4 rings (SSSR count). The summed E-state index contributed by atoms with van der Waals surface area (Å²) in [5.41, 5.74) is 3.72. The predicted molar refractivity (Wildman–Crippen MR) is 141 cm³/mol. The normalized spacial score (nSPS) is 18.6. The van der Waals surface area contributed by atoms with Gasteiger partial charge in [-0.3, -0.25) is 14.5 Å². The van der Waals surface area contributed by atoms with E-state index in [9.17, 15) is 14.4 Å². The summed E-state index contributed by atoms with van der Waals surface area (Å²) >= 11 is 0. The van der Waals surface area contributed by atoms with Gasteiger partial charge in [-0.25, -0.2) is 4.79 Å². The van der Waals surface area contributed by atoms with E-state index >= 15 is 0 Å². The molecule has 186 valence electrons. The molecule has 1 fully saturated rings. The van der Waals surface area contributed by atoms with Gasteiger partial charge in [0.25, 0.3) is 5.91 Å². The zero-order valence-electron chi connectivity index (χ0n) is 21.5. The van der Waals surface area contributed by atoms with Gasteiger partial charge in [-0.05, 0) is 47.1 Å². The standard InChI is InChI=1S/C30H33N3O3/c1-20(21-11-13-23(14-12-21)22-9-7-6-8-10-22)31-26(34)19-33-27(35)30(5,32-28(33)36)25-17-15-24(16-18-25)29(2,3)4/h6-18,20H,19H2,1-5H3,(H,31,34)(H,32,36). The number of hydrogen-bond donors (Lipinski definition) is 2. The SMILES string of the molecule is CC(NC(=O)CN1C(=O)NC(C)(c2ccc(C(C)(C)C)cc2)C1=O)c1ccc(-c2ccccc2)cc1. The number of carbonyl (C=O) groups excluding carboxylic acids is 3. The van der Waals surface area contributed by atoms with Crippen LogP contribution in [0.1, 0.15) is 57.4 Å². The second-order valence-corrected chi connectivity index (χ2v) is 10.6. The van der Waals surface area contributed by atoms with Crippen LogP contribution in [0.4, 0.5) is 4.79 Å². The number of imide groups is 1. The van der Waals surface area contributed by atoms with Crippen molar-refractivity contribution in [2.75, 3.05) is 6.54 Å². The highest BCUT2D eigenvalue weighted by Gasteiger charge is 2.49. The quantitative estimate of drug-likeness (QED) is 0.467. The van der Waals surface area contributed by atoms with E-state index in [-0.39, 0.29) is 18.0 Å². The maximum Gasteiger partial charge on any atom is 0.325 e. The van der Waals surface area contributed by atoms with E-state index in [1.807, 2.05) is 85.8 Å². The smallest absolute Gasteiger partial charge is 0.325 e. The number of hydrogen-bond acceptors (Lipinski definition) is 3. The monoisotopic (exact) mass is 483 g/mol. The second kappa shape index (κ2) is 9.61. The summed E-state index contributed by atoms with van der Waals surface area (Å²) in [5, 5.41) is 5.68. The Morgan fingerprint density at radius 3 is 2.08 bits per heavy atom. The van der Waals surface area contributed by atoms with E-state index in [0.717, 1.165) is 27.2 Å².